The molecule has 0 radical (unpaired) electrons. The van der Waals surface area contributed by atoms with Crippen molar-refractivity contribution in [1.29, 1.82) is 0 Å². The van der Waals surface area contributed by atoms with Gasteiger partial charge >= 0.3 is 0 Å². The highest BCUT2D eigenvalue weighted by Gasteiger charge is 2.29. The molecular weight excluding hydrogens is 319 g/mol. The quantitative estimate of drug-likeness (QED) is 0.913. The van der Waals surface area contributed by atoms with E-state index < -0.39 is 6.04 Å². The largest absolute Gasteiger partial charge is 0.497 e. The summed E-state index contributed by atoms with van der Waals surface area (Å²) in [5, 5.41) is 2.97. The van der Waals surface area contributed by atoms with Gasteiger partial charge in [0, 0.05) is 11.1 Å². The Morgan fingerprint density at radius 2 is 1.96 bits per heavy atom. The number of fused-ring (bicyclic) bond motifs is 1. The van der Waals surface area contributed by atoms with E-state index >= 15 is 0 Å². The lowest BCUT2D eigenvalue weighted by Crippen LogP contribution is -2.31. The SMILES string of the molecule is CC[C@H](C)C1N=C(c2ccc(F)cc2)c2cc(OC)ccc2NC1=O. The Labute approximate surface area is 146 Å². The lowest BCUT2D eigenvalue weighted by atomic mass is 9.98. The molecule has 2 aromatic carbocycles. The highest BCUT2D eigenvalue weighted by Crippen LogP contribution is 2.30. The molecule has 2 aromatic rings. The third-order valence-electron chi connectivity index (χ3n) is 4.58. The fourth-order valence-electron chi connectivity index (χ4n) is 2.88. The number of carbonyl (C=O) groups is 1. The molecule has 0 fully saturated rings. The van der Waals surface area contributed by atoms with Crippen LogP contribution in [0.3, 0.4) is 0 Å². The van der Waals surface area contributed by atoms with E-state index in [0.29, 0.717) is 17.1 Å². The minimum Gasteiger partial charge on any atom is -0.497 e. The number of benzene rings is 2. The Morgan fingerprint density at radius 3 is 2.60 bits per heavy atom. The van der Waals surface area contributed by atoms with Gasteiger partial charge in [-0.3, -0.25) is 9.79 Å². The van der Waals surface area contributed by atoms with E-state index in [1.807, 2.05) is 26.0 Å². The standard InChI is InChI=1S/C20H21FN2O2/c1-4-12(2)18-20(24)22-17-10-9-15(25-3)11-16(17)19(23-18)13-5-7-14(21)8-6-13/h5-12,18H,4H2,1-3H3,(H,22,24)/t12-,18?/m0/s1. The first-order chi connectivity index (χ1) is 12.0. The number of ether oxygens (including phenoxy) is 1. The van der Waals surface area contributed by atoms with E-state index in [9.17, 15) is 9.18 Å². The predicted octanol–water partition coefficient (Wildman–Crippen LogP) is 4.04. The molecule has 1 aliphatic heterocycles. The number of hydrogen-bond donors (Lipinski definition) is 1. The number of nitrogens with one attached hydrogen (secondary N) is 1. The van der Waals surface area contributed by atoms with E-state index in [0.717, 1.165) is 17.5 Å². The molecule has 1 aliphatic rings. The molecule has 0 bridgehead atoms. The van der Waals surface area contributed by atoms with Crippen LogP contribution >= 0.6 is 0 Å². The van der Waals surface area contributed by atoms with E-state index in [1.54, 1.807) is 25.3 Å². The highest BCUT2D eigenvalue weighted by molar-refractivity contribution is 6.19. The summed E-state index contributed by atoms with van der Waals surface area (Å²) in [5.74, 6) is 0.325. The van der Waals surface area contributed by atoms with Gasteiger partial charge in [0.1, 0.15) is 17.6 Å². The van der Waals surface area contributed by atoms with Crippen molar-refractivity contribution < 1.29 is 13.9 Å². The monoisotopic (exact) mass is 340 g/mol. The van der Waals surface area contributed by atoms with Crippen LogP contribution in [0.5, 0.6) is 5.75 Å². The van der Waals surface area contributed by atoms with Crippen LogP contribution in [0, 0.1) is 11.7 Å². The van der Waals surface area contributed by atoms with E-state index in [1.165, 1.54) is 12.1 Å². The molecular formula is C20H21FN2O2. The zero-order chi connectivity index (χ0) is 18.0. The zero-order valence-corrected chi connectivity index (χ0v) is 14.5. The molecule has 0 aliphatic carbocycles. The first-order valence-corrected chi connectivity index (χ1v) is 8.36. The number of hydrogen-bond acceptors (Lipinski definition) is 3. The van der Waals surface area contributed by atoms with Crippen LogP contribution in [0.4, 0.5) is 10.1 Å². The number of anilines is 1. The Kier molecular flexibility index (Phi) is 4.83. The van der Waals surface area contributed by atoms with Crippen molar-refractivity contribution >= 4 is 17.3 Å². The molecule has 1 unspecified atom stereocenters. The minimum atomic E-state index is -0.497. The Hall–Kier alpha value is -2.69. The normalized spacial score (nSPS) is 17.8. The summed E-state index contributed by atoms with van der Waals surface area (Å²) in [6.07, 6.45) is 0.831. The van der Waals surface area contributed by atoms with Crippen LogP contribution in [0.2, 0.25) is 0 Å². The zero-order valence-electron chi connectivity index (χ0n) is 14.5. The average Bonchev–Trinajstić information content (AvgIpc) is 2.77. The molecule has 1 amide bonds. The van der Waals surface area contributed by atoms with Gasteiger partial charge in [0.05, 0.1) is 18.5 Å². The van der Waals surface area contributed by atoms with Crippen molar-refractivity contribution in [3.05, 3.63) is 59.4 Å². The number of benzodiazepines with no additional fused rings is 1. The number of amides is 1. The summed E-state index contributed by atoms with van der Waals surface area (Å²) in [5.41, 5.74) is 2.88. The van der Waals surface area contributed by atoms with Gasteiger partial charge in [-0.05, 0) is 48.4 Å². The topological polar surface area (TPSA) is 50.7 Å². The fourth-order valence-corrected chi connectivity index (χ4v) is 2.88. The molecule has 3 rings (SSSR count). The van der Waals surface area contributed by atoms with Crippen LogP contribution in [0.1, 0.15) is 31.4 Å². The predicted molar refractivity (Wildman–Crippen MR) is 96.9 cm³/mol. The number of aliphatic imine (C=N–C) groups is 1. The average molecular weight is 340 g/mol. The van der Waals surface area contributed by atoms with E-state index in [2.05, 4.69) is 5.32 Å². The summed E-state index contributed by atoms with van der Waals surface area (Å²) in [6.45, 7) is 4.04. The van der Waals surface area contributed by atoms with E-state index in [-0.39, 0.29) is 17.6 Å². The first-order valence-electron chi connectivity index (χ1n) is 8.36. The van der Waals surface area contributed by atoms with Crippen molar-refractivity contribution in [2.45, 2.75) is 26.3 Å². The molecule has 130 valence electrons. The van der Waals surface area contributed by atoms with Crippen molar-refractivity contribution in [2.75, 3.05) is 12.4 Å². The van der Waals surface area contributed by atoms with Gasteiger partial charge in [0.15, 0.2) is 0 Å². The fraction of sp³-hybridized carbons (Fsp3) is 0.300. The smallest absolute Gasteiger partial charge is 0.249 e. The maximum atomic E-state index is 13.3. The van der Waals surface area contributed by atoms with Crippen molar-refractivity contribution in [1.82, 2.24) is 0 Å². The van der Waals surface area contributed by atoms with Gasteiger partial charge in [-0.15, -0.1) is 0 Å². The Balaban J connectivity index is 2.20. The van der Waals surface area contributed by atoms with Gasteiger partial charge in [-0.1, -0.05) is 20.3 Å². The second-order valence-corrected chi connectivity index (χ2v) is 6.22. The summed E-state index contributed by atoms with van der Waals surface area (Å²) < 4.78 is 18.7. The number of nitrogens with zero attached hydrogens (tertiary/aromatic N) is 1. The third kappa shape index (κ3) is 3.40. The summed E-state index contributed by atoms with van der Waals surface area (Å²) in [6, 6.07) is 11.1. The molecule has 0 spiro atoms. The second-order valence-electron chi connectivity index (χ2n) is 6.22. The summed E-state index contributed by atoms with van der Waals surface area (Å²) in [4.78, 5) is 17.4. The Morgan fingerprint density at radius 1 is 1.24 bits per heavy atom. The molecule has 0 saturated carbocycles. The second kappa shape index (κ2) is 7.05. The molecule has 25 heavy (non-hydrogen) atoms. The highest BCUT2D eigenvalue weighted by atomic mass is 19.1. The molecule has 5 heteroatoms. The first kappa shape index (κ1) is 17.1. The van der Waals surface area contributed by atoms with Crippen LogP contribution in [-0.2, 0) is 4.79 Å². The summed E-state index contributed by atoms with van der Waals surface area (Å²) >= 11 is 0. The maximum Gasteiger partial charge on any atom is 0.249 e. The van der Waals surface area contributed by atoms with Gasteiger partial charge in [0.2, 0.25) is 5.91 Å². The molecule has 2 atom stereocenters. The molecule has 1 heterocycles. The van der Waals surface area contributed by atoms with Crippen molar-refractivity contribution in [3.8, 4) is 5.75 Å². The van der Waals surface area contributed by atoms with E-state index in [4.69, 9.17) is 9.73 Å². The van der Waals surface area contributed by atoms with Crippen LogP contribution < -0.4 is 10.1 Å². The number of carbonyl (C=O) groups excluding carboxylic acids is 1. The number of halogens is 1. The number of methoxy groups -OCH3 is 1. The van der Waals surface area contributed by atoms with Crippen molar-refractivity contribution in [2.24, 2.45) is 10.9 Å². The molecule has 4 nitrogen and oxygen atoms in total. The molecule has 0 aromatic heterocycles. The van der Waals surface area contributed by atoms with Crippen molar-refractivity contribution in [3.63, 3.8) is 0 Å². The van der Waals surface area contributed by atoms with Crippen LogP contribution in [0.15, 0.2) is 47.5 Å². The van der Waals surface area contributed by atoms with Gasteiger partial charge in [-0.2, -0.15) is 0 Å². The molecule has 1 N–H and O–H groups in total. The maximum absolute atomic E-state index is 13.3. The van der Waals surface area contributed by atoms with Gasteiger partial charge in [-0.25, -0.2) is 4.39 Å². The summed E-state index contributed by atoms with van der Waals surface area (Å²) in [7, 11) is 1.59. The number of rotatable bonds is 4. The van der Waals surface area contributed by atoms with Gasteiger partial charge in [0.25, 0.3) is 0 Å². The van der Waals surface area contributed by atoms with Gasteiger partial charge < -0.3 is 10.1 Å². The van der Waals surface area contributed by atoms with Crippen LogP contribution in [0.25, 0.3) is 0 Å². The molecule has 0 saturated heterocycles. The lowest BCUT2D eigenvalue weighted by Gasteiger charge is -2.17. The minimum absolute atomic E-state index is 0.0895. The Bertz CT molecular complexity index is 815. The van der Waals surface area contributed by atoms with Crippen LogP contribution in [-0.4, -0.2) is 24.8 Å². The third-order valence-corrected chi connectivity index (χ3v) is 4.58. The lowest BCUT2D eigenvalue weighted by molar-refractivity contribution is -0.118.